The highest BCUT2D eigenvalue weighted by atomic mass is 16.3. The van der Waals surface area contributed by atoms with E-state index < -0.39 is 5.60 Å². The largest absolute Gasteiger partial charge is 0.378 e. The summed E-state index contributed by atoms with van der Waals surface area (Å²) in [4.78, 5) is 17.9. The molecule has 0 aliphatic carbocycles. The molecule has 1 aromatic heterocycles. The first kappa shape index (κ1) is 12.1. The first-order chi connectivity index (χ1) is 8.09. The minimum Gasteiger partial charge on any atom is -0.378 e. The molecule has 1 atom stereocenters. The molecule has 1 aliphatic rings. The molecule has 2 rings (SSSR count). The summed E-state index contributed by atoms with van der Waals surface area (Å²) in [7, 11) is 0. The standard InChI is InChI=1S/C12H19N3O2/c1-12(17,9-14-8-5-13-10-14)11(16)15-6-3-2-4-7-15/h5,8,10,17H,2-4,6-7,9H2,1H3. The van der Waals surface area contributed by atoms with Gasteiger partial charge in [0.25, 0.3) is 5.91 Å². The van der Waals surface area contributed by atoms with Crippen LogP contribution in [0.1, 0.15) is 26.2 Å². The Hall–Kier alpha value is -1.36. The zero-order valence-electron chi connectivity index (χ0n) is 10.2. The number of imidazole rings is 1. The van der Waals surface area contributed by atoms with Gasteiger partial charge in [0.1, 0.15) is 0 Å². The van der Waals surface area contributed by atoms with Gasteiger partial charge in [0.2, 0.25) is 0 Å². The van der Waals surface area contributed by atoms with Crippen molar-refractivity contribution in [3.8, 4) is 0 Å². The highest BCUT2D eigenvalue weighted by Crippen LogP contribution is 2.16. The minimum atomic E-state index is -1.35. The summed E-state index contributed by atoms with van der Waals surface area (Å²) < 4.78 is 1.72. The number of amides is 1. The van der Waals surface area contributed by atoms with E-state index in [4.69, 9.17) is 0 Å². The Kier molecular flexibility index (Phi) is 3.47. The maximum atomic E-state index is 12.2. The van der Waals surface area contributed by atoms with E-state index in [-0.39, 0.29) is 12.5 Å². The van der Waals surface area contributed by atoms with E-state index in [2.05, 4.69) is 4.98 Å². The molecule has 0 saturated carbocycles. The van der Waals surface area contributed by atoms with Crippen LogP contribution in [0.5, 0.6) is 0 Å². The quantitative estimate of drug-likeness (QED) is 0.839. The SMILES string of the molecule is CC(O)(Cn1ccnc1)C(=O)N1CCCCC1. The Bertz CT molecular complexity index is 367. The molecule has 94 valence electrons. The Morgan fingerprint density at radius 3 is 2.71 bits per heavy atom. The molecule has 1 amide bonds. The molecule has 2 heterocycles. The summed E-state index contributed by atoms with van der Waals surface area (Å²) in [5.41, 5.74) is -1.35. The van der Waals surface area contributed by atoms with Crippen molar-refractivity contribution >= 4 is 5.91 Å². The van der Waals surface area contributed by atoms with Crippen LogP contribution in [0.25, 0.3) is 0 Å². The van der Waals surface area contributed by atoms with E-state index >= 15 is 0 Å². The van der Waals surface area contributed by atoms with E-state index in [0.29, 0.717) is 0 Å². The van der Waals surface area contributed by atoms with Crippen molar-refractivity contribution < 1.29 is 9.90 Å². The van der Waals surface area contributed by atoms with Gasteiger partial charge in [-0.2, -0.15) is 0 Å². The summed E-state index contributed by atoms with van der Waals surface area (Å²) >= 11 is 0. The Balaban J connectivity index is 2.00. The van der Waals surface area contributed by atoms with Crippen molar-refractivity contribution in [1.82, 2.24) is 14.5 Å². The normalized spacial score (nSPS) is 20.0. The summed E-state index contributed by atoms with van der Waals surface area (Å²) in [5.74, 6) is -0.175. The fourth-order valence-corrected chi connectivity index (χ4v) is 2.24. The number of rotatable bonds is 3. The lowest BCUT2D eigenvalue weighted by atomic mass is 10.0. The van der Waals surface area contributed by atoms with E-state index in [1.165, 1.54) is 6.42 Å². The second kappa shape index (κ2) is 4.87. The number of nitrogens with zero attached hydrogens (tertiary/aromatic N) is 3. The van der Waals surface area contributed by atoms with Gasteiger partial charge in [0.05, 0.1) is 12.9 Å². The smallest absolute Gasteiger partial charge is 0.256 e. The number of aromatic nitrogens is 2. The molecule has 0 bridgehead atoms. The van der Waals surface area contributed by atoms with Gasteiger partial charge in [0.15, 0.2) is 5.60 Å². The van der Waals surface area contributed by atoms with Crippen molar-refractivity contribution in [1.29, 1.82) is 0 Å². The van der Waals surface area contributed by atoms with Crippen LogP contribution in [-0.2, 0) is 11.3 Å². The van der Waals surface area contributed by atoms with Crippen LogP contribution in [0.3, 0.4) is 0 Å². The zero-order valence-corrected chi connectivity index (χ0v) is 10.2. The molecule has 1 saturated heterocycles. The maximum absolute atomic E-state index is 12.2. The van der Waals surface area contributed by atoms with Crippen molar-refractivity contribution in [3.05, 3.63) is 18.7 Å². The molecular weight excluding hydrogens is 218 g/mol. The highest BCUT2D eigenvalue weighted by molar-refractivity contribution is 5.84. The van der Waals surface area contributed by atoms with E-state index in [0.717, 1.165) is 25.9 Å². The number of hydrogen-bond acceptors (Lipinski definition) is 3. The van der Waals surface area contributed by atoms with Crippen LogP contribution in [-0.4, -0.2) is 44.2 Å². The van der Waals surface area contributed by atoms with Crippen LogP contribution in [0, 0.1) is 0 Å². The lowest BCUT2D eigenvalue weighted by Crippen LogP contribution is -2.51. The third-order valence-electron chi connectivity index (χ3n) is 3.15. The van der Waals surface area contributed by atoms with E-state index in [1.54, 1.807) is 35.1 Å². The third-order valence-corrected chi connectivity index (χ3v) is 3.15. The van der Waals surface area contributed by atoms with Crippen molar-refractivity contribution in [2.75, 3.05) is 13.1 Å². The molecule has 5 nitrogen and oxygen atoms in total. The topological polar surface area (TPSA) is 58.4 Å². The van der Waals surface area contributed by atoms with Gasteiger partial charge < -0.3 is 14.6 Å². The number of likely N-dealkylation sites (tertiary alicyclic amines) is 1. The first-order valence-corrected chi connectivity index (χ1v) is 6.07. The van der Waals surface area contributed by atoms with Crippen LogP contribution < -0.4 is 0 Å². The molecule has 1 aliphatic heterocycles. The van der Waals surface area contributed by atoms with Crippen LogP contribution >= 0.6 is 0 Å². The molecule has 1 unspecified atom stereocenters. The molecule has 1 fully saturated rings. The molecule has 0 spiro atoms. The minimum absolute atomic E-state index is 0.175. The van der Waals surface area contributed by atoms with Crippen molar-refractivity contribution in [2.45, 2.75) is 38.3 Å². The van der Waals surface area contributed by atoms with Crippen molar-refractivity contribution in [3.63, 3.8) is 0 Å². The first-order valence-electron chi connectivity index (χ1n) is 6.07. The second-order valence-corrected chi connectivity index (χ2v) is 4.86. The number of carbonyl (C=O) groups is 1. The van der Waals surface area contributed by atoms with Gasteiger partial charge >= 0.3 is 0 Å². The van der Waals surface area contributed by atoms with Gasteiger partial charge in [-0.15, -0.1) is 0 Å². The molecule has 5 heteroatoms. The Labute approximate surface area is 101 Å². The van der Waals surface area contributed by atoms with Gasteiger partial charge in [-0.3, -0.25) is 4.79 Å². The molecule has 1 aromatic rings. The molecule has 1 N–H and O–H groups in total. The average Bonchev–Trinajstić information content (AvgIpc) is 2.81. The van der Waals surface area contributed by atoms with Gasteiger partial charge in [-0.25, -0.2) is 4.98 Å². The zero-order chi connectivity index (χ0) is 12.3. The predicted molar refractivity (Wildman–Crippen MR) is 63.3 cm³/mol. The number of piperidine rings is 1. The lowest BCUT2D eigenvalue weighted by molar-refractivity contribution is -0.151. The predicted octanol–water partition coefficient (Wildman–Crippen LogP) is 0.647. The highest BCUT2D eigenvalue weighted by Gasteiger charge is 2.35. The lowest BCUT2D eigenvalue weighted by Gasteiger charge is -2.33. The van der Waals surface area contributed by atoms with Crippen LogP contribution in [0.15, 0.2) is 18.7 Å². The summed E-state index contributed by atoms with van der Waals surface area (Å²) in [5, 5.41) is 10.3. The number of hydrogen-bond donors (Lipinski definition) is 1. The molecule has 17 heavy (non-hydrogen) atoms. The second-order valence-electron chi connectivity index (χ2n) is 4.86. The average molecular weight is 237 g/mol. The van der Waals surface area contributed by atoms with E-state index in [9.17, 15) is 9.90 Å². The number of aliphatic hydroxyl groups is 1. The Morgan fingerprint density at radius 2 is 2.12 bits per heavy atom. The van der Waals surface area contributed by atoms with Crippen LogP contribution in [0.2, 0.25) is 0 Å². The molecule has 0 aromatic carbocycles. The van der Waals surface area contributed by atoms with Gasteiger partial charge in [0, 0.05) is 25.5 Å². The van der Waals surface area contributed by atoms with Gasteiger partial charge in [-0.05, 0) is 26.2 Å². The Morgan fingerprint density at radius 1 is 1.41 bits per heavy atom. The molecular formula is C12H19N3O2. The van der Waals surface area contributed by atoms with Crippen LogP contribution in [0.4, 0.5) is 0 Å². The fourth-order valence-electron chi connectivity index (χ4n) is 2.24. The molecule has 0 radical (unpaired) electrons. The van der Waals surface area contributed by atoms with Crippen molar-refractivity contribution in [2.24, 2.45) is 0 Å². The fraction of sp³-hybridized carbons (Fsp3) is 0.667. The number of carbonyl (C=O) groups excluding carboxylic acids is 1. The summed E-state index contributed by atoms with van der Waals surface area (Å²) in [6.07, 6.45) is 8.24. The third kappa shape index (κ3) is 2.85. The summed E-state index contributed by atoms with van der Waals surface area (Å²) in [6.45, 7) is 3.35. The maximum Gasteiger partial charge on any atom is 0.256 e. The van der Waals surface area contributed by atoms with E-state index in [1.807, 2.05) is 0 Å². The summed E-state index contributed by atoms with van der Waals surface area (Å²) in [6, 6.07) is 0. The van der Waals surface area contributed by atoms with Gasteiger partial charge in [-0.1, -0.05) is 0 Å². The monoisotopic (exact) mass is 237 g/mol.